The maximum atomic E-state index is 12.0. The lowest BCUT2D eigenvalue weighted by Gasteiger charge is -2.37. The van der Waals surface area contributed by atoms with Gasteiger partial charge in [0.1, 0.15) is 0 Å². The van der Waals surface area contributed by atoms with E-state index in [1.807, 2.05) is 6.92 Å². The van der Waals surface area contributed by atoms with E-state index in [0.717, 1.165) is 44.5 Å². The van der Waals surface area contributed by atoms with Crippen LogP contribution in [0.1, 0.15) is 36.8 Å². The van der Waals surface area contributed by atoms with Gasteiger partial charge in [0.2, 0.25) is 0 Å². The number of rotatable bonds is 4. The molecule has 3 rings (SSSR count). The van der Waals surface area contributed by atoms with Gasteiger partial charge in [0.15, 0.2) is 0 Å². The van der Waals surface area contributed by atoms with Crippen molar-refractivity contribution >= 4 is 17.4 Å². The van der Waals surface area contributed by atoms with Gasteiger partial charge in [-0.3, -0.25) is 0 Å². The molecule has 0 unspecified atom stereocenters. The highest BCUT2D eigenvalue weighted by Crippen LogP contribution is 2.48. The molecule has 2 aliphatic rings. The highest BCUT2D eigenvalue weighted by atomic mass is 32.1. The molecule has 0 radical (unpaired) electrons. The minimum atomic E-state index is -0.328. The molecule has 1 aromatic heterocycles. The van der Waals surface area contributed by atoms with Crippen molar-refractivity contribution < 1.29 is 14.6 Å². The van der Waals surface area contributed by atoms with Crippen LogP contribution >= 0.6 is 11.3 Å². The zero-order valence-electron chi connectivity index (χ0n) is 13.6. The van der Waals surface area contributed by atoms with Gasteiger partial charge < -0.3 is 20.5 Å². The third-order valence-corrected chi connectivity index (χ3v) is 6.41. The first-order valence-electron chi connectivity index (χ1n) is 8.40. The van der Waals surface area contributed by atoms with Gasteiger partial charge in [-0.25, -0.2) is 4.79 Å². The van der Waals surface area contributed by atoms with Crippen molar-refractivity contribution in [1.82, 2.24) is 10.6 Å². The zero-order valence-corrected chi connectivity index (χ0v) is 14.5. The fourth-order valence-corrected chi connectivity index (χ4v) is 4.70. The van der Waals surface area contributed by atoms with Crippen LogP contribution in [-0.4, -0.2) is 37.0 Å². The molecule has 0 bridgehead atoms. The number of aliphatic hydroxyl groups is 1. The standard InChI is InChI=1S/C17H26N2O3S/c1-12-10-23-11-14(12)9-19-16(21)18-8-13-2-3-17(15(13)20)4-6-22-7-5-17/h10-11,13,15,20H,2-9H2,1H3,(H2,18,19,21)/t13-,15+/m0/s1. The van der Waals surface area contributed by atoms with Crippen LogP contribution in [0.4, 0.5) is 4.79 Å². The Bertz CT molecular complexity index is 540. The zero-order chi connectivity index (χ0) is 16.3. The first-order valence-corrected chi connectivity index (χ1v) is 9.34. The van der Waals surface area contributed by atoms with Crippen molar-refractivity contribution in [2.45, 2.75) is 45.3 Å². The molecule has 2 heterocycles. The van der Waals surface area contributed by atoms with Crippen molar-refractivity contribution in [2.75, 3.05) is 19.8 Å². The van der Waals surface area contributed by atoms with E-state index < -0.39 is 0 Å². The Morgan fingerprint density at radius 2 is 2.13 bits per heavy atom. The second-order valence-corrected chi connectivity index (χ2v) is 7.61. The summed E-state index contributed by atoms with van der Waals surface area (Å²) < 4.78 is 5.42. The number of nitrogens with one attached hydrogen (secondary N) is 2. The lowest BCUT2D eigenvalue weighted by molar-refractivity contribution is -0.0554. The summed E-state index contributed by atoms with van der Waals surface area (Å²) in [6, 6.07) is -0.157. The molecule has 6 heteroatoms. The fraction of sp³-hybridized carbons (Fsp3) is 0.706. The number of carbonyl (C=O) groups excluding carboxylic acids is 1. The van der Waals surface area contributed by atoms with Gasteiger partial charge in [-0.1, -0.05) is 0 Å². The lowest BCUT2D eigenvalue weighted by atomic mass is 9.76. The van der Waals surface area contributed by atoms with Gasteiger partial charge in [-0.2, -0.15) is 11.3 Å². The Kier molecular flexibility index (Phi) is 5.24. The molecule has 23 heavy (non-hydrogen) atoms. The van der Waals surface area contributed by atoms with E-state index >= 15 is 0 Å². The number of ether oxygens (including phenoxy) is 1. The van der Waals surface area contributed by atoms with Gasteiger partial charge in [0.05, 0.1) is 6.10 Å². The number of carbonyl (C=O) groups is 1. The van der Waals surface area contributed by atoms with Gasteiger partial charge in [0.25, 0.3) is 0 Å². The van der Waals surface area contributed by atoms with Crippen molar-refractivity contribution in [3.05, 3.63) is 21.9 Å². The minimum Gasteiger partial charge on any atom is -0.392 e. The molecule has 1 aliphatic carbocycles. The number of hydrogen-bond acceptors (Lipinski definition) is 4. The molecule has 2 fully saturated rings. The largest absolute Gasteiger partial charge is 0.392 e. The van der Waals surface area contributed by atoms with E-state index in [-0.39, 0.29) is 23.5 Å². The molecule has 1 saturated heterocycles. The third-order valence-electron chi connectivity index (χ3n) is 5.50. The molecule has 1 spiro atoms. The van der Waals surface area contributed by atoms with Crippen molar-refractivity contribution in [1.29, 1.82) is 0 Å². The number of amides is 2. The maximum absolute atomic E-state index is 12.0. The lowest BCUT2D eigenvalue weighted by Crippen LogP contribution is -2.43. The van der Waals surface area contributed by atoms with Gasteiger partial charge in [-0.05, 0) is 54.5 Å². The van der Waals surface area contributed by atoms with Crippen molar-refractivity contribution in [3.8, 4) is 0 Å². The molecule has 3 N–H and O–H groups in total. The predicted octanol–water partition coefficient (Wildman–Crippen LogP) is 2.42. The summed E-state index contributed by atoms with van der Waals surface area (Å²) >= 11 is 1.65. The SMILES string of the molecule is Cc1cscc1CNC(=O)NC[C@@H]1CCC2(CCOCC2)[C@@H]1O. The Labute approximate surface area is 141 Å². The van der Waals surface area contributed by atoms with Gasteiger partial charge in [-0.15, -0.1) is 0 Å². The minimum absolute atomic E-state index is 0.0227. The molecular formula is C17H26N2O3S. The molecule has 1 aromatic rings. The summed E-state index contributed by atoms with van der Waals surface area (Å²) in [7, 11) is 0. The van der Waals surface area contributed by atoms with Crippen LogP contribution in [-0.2, 0) is 11.3 Å². The van der Waals surface area contributed by atoms with Crippen LogP contribution in [0.5, 0.6) is 0 Å². The highest BCUT2D eigenvalue weighted by Gasteiger charge is 2.48. The molecular weight excluding hydrogens is 312 g/mol. The van der Waals surface area contributed by atoms with E-state index in [1.165, 1.54) is 5.56 Å². The van der Waals surface area contributed by atoms with Gasteiger partial charge in [0, 0.05) is 37.6 Å². The molecule has 0 aromatic carbocycles. The fourth-order valence-electron chi connectivity index (χ4n) is 3.85. The van der Waals surface area contributed by atoms with E-state index in [0.29, 0.717) is 13.1 Å². The van der Waals surface area contributed by atoms with Crippen molar-refractivity contribution in [2.24, 2.45) is 11.3 Å². The Balaban J connectivity index is 1.43. The van der Waals surface area contributed by atoms with Crippen molar-refractivity contribution in [3.63, 3.8) is 0 Å². The molecule has 2 amide bonds. The second-order valence-electron chi connectivity index (χ2n) is 6.86. The molecule has 2 atom stereocenters. The number of thiophene rings is 1. The number of hydrogen-bond donors (Lipinski definition) is 3. The van der Waals surface area contributed by atoms with Crippen LogP contribution in [0.2, 0.25) is 0 Å². The monoisotopic (exact) mass is 338 g/mol. The molecule has 5 nitrogen and oxygen atoms in total. The summed E-state index contributed by atoms with van der Waals surface area (Å²) in [5.74, 6) is 0.154. The Morgan fingerprint density at radius 1 is 1.35 bits per heavy atom. The average molecular weight is 338 g/mol. The van der Waals surface area contributed by atoms with E-state index in [1.54, 1.807) is 11.3 Å². The summed E-state index contributed by atoms with van der Waals surface area (Å²) in [6.07, 6.45) is 3.57. The highest BCUT2D eigenvalue weighted by molar-refractivity contribution is 7.08. The van der Waals surface area contributed by atoms with E-state index in [4.69, 9.17) is 4.74 Å². The molecule has 128 valence electrons. The van der Waals surface area contributed by atoms with E-state index in [9.17, 15) is 9.90 Å². The van der Waals surface area contributed by atoms with Crippen LogP contribution in [0, 0.1) is 18.3 Å². The van der Waals surface area contributed by atoms with Crippen LogP contribution in [0.15, 0.2) is 10.8 Å². The summed E-state index contributed by atoms with van der Waals surface area (Å²) in [6.45, 7) is 4.64. The molecule has 1 aliphatic heterocycles. The second kappa shape index (κ2) is 7.20. The van der Waals surface area contributed by atoms with Crippen LogP contribution in [0.3, 0.4) is 0 Å². The first kappa shape index (κ1) is 16.7. The summed E-state index contributed by atoms with van der Waals surface area (Å²) in [5, 5.41) is 20.6. The van der Waals surface area contributed by atoms with E-state index in [2.05, 4.69) is 21.4 Å². The summed E-state index contributed by atoms with van der Waals surface area (Å²) in [4.78, 5) is 12.0. The third kappa shape index (κ3) is 3.70. The quantitative estimate of drug-likeness (QED) is 0.790. The Morgan fingerprint density at radius 3 is 2.83 bits per heavy atom. The predicted molar refractivity (Wildman–Crippen MR) is 90.5 cm³/mol. The maximum Gasteiger partial charge on any atom is 0.315 e. The normalized spacial score (nSPS) is 26.3. The number of aryl methyl sites for hydroxylation is 1. The first-order chi connectivity index (χ1) is 11.1. The van der Waals surface area contributed by atoms with Gasteiger partial charge >= 0.3 is 6.03 Å². The summed E-state index contributed by atoms with van der Waals surface area (Å²) in [5.41, 5.74) is 2.39. The van der Waals surface area contributed by atoms with Crippen LogP contribution in [0.25, 0.3) is 0 Å². The smallest absolute Gasteiger partial charge is 0.315 e. The van der Waals surface area contributed by atoms with Crippen LogP contribution < -0.4 is 10.6 Å². The number of urea groups is 1. The molecule has 1 saturated carbocycles. The average Bonchev–Trinajstić information content (AvgIpc) is 3.10. The Hall–Kier alpha value is -1.11. The number of aliphatic hydroxyl groups excluding tert-OH is 1. The topological polar surface area (TPSA) is 70.6 Å².